The number of hydrogen-bond acceptors (Lipinski definition) is 3. The highest BCUT2D eigenvalue weighted by atomic mass is 19.1. The number of carbonyl (C=O) groups excluding carboxylic acids is 1. The van der Waals surface area contributed by atoms with E-state index >= 15 is 0 Å². The number of nitrogens with zero attached hydrogens (tertiary/aromatic N) is 5. The molecule has 2 fully saturated rings. The van der Waals surface area contributed by atoms with E-state index in [1.54, 1.807) is 29.3 Å². The monoisotopic (exact) mass is 381 g/mol. The average molecular weight is 381 g/mol. The molecule has 1 amide bonds. The Morgan fingerprint density at radius 3 is 2.86 bits per heavy atom. The molecule has 5 rings (SSSR count). The molecule has 0 aromatic carbocycles. The summed E-state index contributed by atoms with van der Waals surface area (Å²) in [5.41, 5.74) is 0.359. The first-order valence-electron chi connectivity index (χ1n) is 10.1. The molecule has 4 heterocycles. The van der Waals surface area contributed by atoms with Crippen molar-refractivity contribution in [3.05, 3.63) is 54.3 Å². The van der Waals surface area contributed by atoms with Gasteiger partial charge in [-0.2, -0.15) is 4.39 Å². The zero-order chi connectivity index (χ0) is 19.1. The number of likely N-dealkylation sites (tertiary alicyclic amines) is 1. The molecular formula is C21H24FN5O. The normalized spacial score (nSPS) is 20.5. The van der Waals surface area contributed by atoms with Gasteiger partial charge in [-0.05, 0) is 43.7 Å². The van der Waals surface area contributed by atoms with Gasteiger partial charge < -0.3 is 9.47 Å². The third-order valence-corrected chi connectivity index (χ3v) is 6.18. The van der Waals surface area contributed by atoms with E-state index in [0.29, 0.717) is 18.7 Å². The summed E-state index contributed by atoms with van der Waals surface area (Å²) >= 11 is 0. The second kappa shape index (κ2) is 7.04. The number of rotatable bonds is 4. The van der Waals surface area contributed by atoms with E-state index in [2.05, 4.69) is 20.7 Å². The predicted molar refractivity (Wildman–Crippen MR) is 103 cm³/mol. The molecule has 7 heteroatoms. The van der Waals surface area contributed by atoms with Crippen LogP contribution in [0.4, 0.5) is 4.39 Å². The molecule has 3 aromatic heterocycles. The third kappa shape index (κ3) is 2.99. The van der Waals surface area contributed by atoms with Crippen LogP contribution in [0.5, 0.6) is 0 Å². The average Bonchev–Trinajstić information content (AvgIpc) is 3.29. The standard InChI is InChI=1S/C21H24FN5O/c22-19-18(24-17-8-1-2-11-27(17)19)21(28)26-10-4-7-16(14-26)20-23-9-12-25(20)13-15-5-3-6-15/h1-2,8-9,11-12,15-16H,3-7,10,13-14H2/t16-/m0/s1. The quantitative estimate of drug-likeness (QED) is 0.695. The molecule has 1 saturated heterocycles. The summed E-state index contributed by atoms with van der Waals surface area (Å²) in [7, 11) is 0. The Hall–Kier alpha value is -2.70. The van der Waals surface area contributed by atoms with Gasteiger partial charge in [0.25, 0.3) is 5.91 Å². The number of amides is 1. The van der Waals surface area contributed by atoms with Gasteiger partial charge in [0, 0.05) is 44.1 Å². The Bertz CT molecular complexity index is 1010. The maximum Gasteiger partial charge on any atom is 0.277 e. The molecule has 0 spiro atoms. The van der Waals surface area contributed by atoms with E-state index in [0.717, 1.165) is 31.1 Å². The molecule has 0 N–H and O–H groups in total. The second-order valence-electron chi connectivity index (χ2n) is 8.01. The van der Waals surface area contributed by atoms with Crippen LogP contribution in [0.15, 0.2) is 36.8 Å². The molecular weight excluding hydrogens is 357 g/mol. The molecule has 1 saturated carbocycles. The van der Waals surface area contributed by atoms with Crippen molar-refractivity contribution in [2.75, 3.05) is 13.1 Å². The first-order valence-corrected chi connectivity index (χ1v) is 10.1. The Kier molecular flexibility index (Phi) is 4.37. The van der Waals surface area contributed by atoms with Crippen LogP contribution < -0.4 is 0 Å². The number of imidazole rings is 2. The van der Waals surface area contributed by atoms with Crippen molar-refractivity contribution < 1.29 is 9.18 Å². The lowest BCUT2D eigenvalue weighted by molar-refractivity contribution is 0.0692. The SMILES string of the molecule is O=C(c1nc2ccccn2c1F)N1CCC[C@H](c2nccn2CC2CCC2)C1. The van der Waals surface area contributed by atoms with Gasteiger partial charge in [0.1, 0.15) is 11.5 Å². The van der Waals surface area contributed by atoms with Gasteiger partial charge in [-0.1, -0.05) is 12.5 Å². The van der Waals surface area contributed by atoms with Crippen molar-refractivity contribution in [1.82, 2.24) is 23.8 Å². The molecule has 1 aliphatic carbocycles. The maximum absolute atomic E-state index is 14.7. The topological polar surface area (TPSA) is 55.4 Å². The highest BCUT2D eigenvalue weighted by molar-refractivity contribution is 5.93. The lowest BCUT2D eigenvalue weighted by atomic mass is 9.85. The molecule has 1 atom stereocenters. The fourth-order valence-electron chi connectivity index (χ4n) is 4.41. The highest BCUT2D eigenvalue weighted by Gasteiger charge is 2.31. The Morgan fingerprint density at radius 1 is 1.18 bits per heavy atom. The van der Waals surface area contributed by atoms with Gasteiger partial charge in [0.05, 0.1) is 0 Å². The maximum atomic E-state index is 14.7. The van der Waals surface area contributed by atoms with Gasteiger partial charge in [0.2, 0.25) is 5.95 Å². The van der Waals surface area contributed by atoms with Crippen LogP contribution in [0.25, 0.3) is 5.65 Å². The first-order chi connectivity index (χ1) is 13.7. The molecule has 28 heavy (non-hydrogen) atoms. The van der Waals surface area contributed by atoms with E-state index in [9.17, 15) is 9.18 Å². The molecule has 6 nitrogen and oxygen atoms in total. The number of fused-ring (bicyclic) bond motifs is 1. The summed E-state index contributed by atoms with van der Waals surface area (Å²) in [5.74, 6) is 1.08. The molecule has 0 radical (unpaired) electrons. The third-order valence-electron chi connectivity index (χ3n) is 6.18. The number of pyridine rings is 1. The van der Waals surface area contributed by atoms with Crippen molar-refractivity contribution in [2.24, 2.45) is 5.92 Å². The van der Waals surface area contributed by atoms with Gasteiger partial charge in [-0.3, -0.25) is 9.20 Å². The number of carbonyl (C=O) groups is 1. The molecule has 0 unspecified atom stereocenters. The van der Waals surface area contributed by atoms with E-state index in [1.165, 1.54) is 23.7 Å². The summed E-state index contributed by atoms with van der Waals surface area (Å²) in [6, 6.07) is 5.22. The van der Waals surface area contributed by atoms with Crippen LogP contribution in [-0.4, -0.2) is 42.8 Å². The zero-order valence-electron chi connectivity index (χ0n) is 15.8. The second-order valence-corrected chi connectivity index (χ2v) is 8.01. The van der Waals surface area contributed by atoms with Crippen LogP contribution in [0, 0.1) is 11.9 Å². The molecule has 0 bridgehead atoms. The minimum atomic E-state index is -0.589. The zero-order valence-corrected chi connectivity index (χ0v) is 15.8. The van der Waals surface area contributed by atoms with Crippen molar-refractivity contribution in [2.45, 2.75) is 44.6 Å². The number of hydrogen-bond donors (Lipinski definition) is 0. The summed E-state index contributed by atoms with van der Waals surface area (Å²) in [6.07, 6.45) is 11.3. The van der Waals surface area contributed by atoms with Crippen molar-refractivity contribution >= 4 is 11.6 Å². The predicted octanol–water partition coefficient (Wildman–Crippen LogP) is 3.49. The van der Waals surface area contributed by atoms with Crippen LogP contribution in [-0.2, 0) is 6.54 Å². The van der Waals surface area contributed by atoms with E-state index < -0.39 is 5.95 Å². The number of halogens is 1. The molecule has 146 valence electrons. The molecule has 3 aromatic rings. The lowest BCUT2D eigenvalue weighted by Gasteiger charge is -2.33. The van der Waals surface area contributed by atoms with E-state index in [4.69, 9.17) is 0 Å². The first kappa shape index (κ1) is 17.4. The Balaban J connectivity index is 1.36. The van der Waals surface area contributed by atoms with Crippen LogP contribution >= 0.6 is 0 Å². The lowest BCUT2D eigenvalue weighted by Crippen LogP contribution is -2.40. The van der Waals surface area contributed by atoms with Gasteiger partial charge >= 0.3 is 0 Å². The summed E-state index contributed by atoms with van der Waals surface area (Å²) in [4.78, 5) is 23.6. The molecule has 1 aliphatic heterocycles. The van der Waals surface area contributed by atoms with Crippen LogP contribution in [0.1, 0.15) is 54.3 Å². The minimum absolute atomic E-state index is 0.0929. The van der Waals surface area contributed by atoms with Crippen molar-refractivity contribution in [3.8, 4) is 0 Å². The summed E-state index contributed by atoms with van der Waals surface area (Å²) in [5, 5.41) is 0. The van der Waals surface area contributed by atoms with E-state index in [1.807, 2.05) is 6.20 Å². The number of piperidine rings is 1. The van der Waals surface area contributed by atoms with Crippen LogP contribution in [0.3, 0.4) is 0 Å². The summed E-state index contributed by atoms with van der Waals surface area (Å²) < 4.78 is 18.3. The van der Waals surface area contributed by atoms with Crippen molar-refractivity contribution in [3.63, 3.8) is 0 Å². The smallest absolute Gasteiger partial charge is 0.277 e. The largest absolute Gasteiger partial charge is 0.336 e. The highest BCUT2D eigenvalue weighted by Crippen LogP contribution is 2.31. The van der Waals surface area contributed by atoms with Gasteiger partial charge in [-0.25, -0.2) is 9.97 Å². The fraction of sp³-hybridized carbons (Fsp3) is 0.476. The minimum Gasteiger partial charge on any atom is -0.336 e. The van der Waals surface area contributed by atoms with Crippen LogP contribution in [0.2, 0.25) is 0 Å². The Labute approximate surface area is 163 Å². The van der Waals surface area contributed by atoms with E-state index in [-0.39, 0.29) is 17.5 Å². The Morgan fingerprint density at radius 2 is 2.07 bits per heavy atom. The van der Waals surface area contributed by atoms with Crippen molar-refractivity contribution in [1.29, 1.82) is 0 Å². The fourth-order valence-corrected chi connectivity index (χ4v) is 4.41. The van der Waals surface area contributed by atoms with Gasteiger partial charge in [-0.15, -0.1) is 0 Å². The molecule has 2 aliphatic rings. The summed E-state index contributed by atoms with van der Waals surface area (Å²) in [6.45, 7) is 2.21. The number of aromatic nitrogens is 4. The van der Waals surface area contributed by atoms with Gasteiger partial charge in [0.15, 0.2) is 5.69 Å².